The van der Waals surface area contributed by atoms with Gasteiger partial charge in [-0.05, 0) is 41.6 Å². The lowest BCUT2D eigenvalue weighted by atomic mass is 9.86. The number of rotatable bonds is 4. The summed E-state index contributed by atoms with van der Waals surface area (Å²) in [7, 11) is 3.36. The monoisotopic (exact) mass is 303 g/mol. The second-order valence-corrected chi connectivity index (χ2v) is 6.40. The van der Waals surface area contributed by atoms with E-state index in [-0.39, 0.29) is 0 Å². The average Bonchev–Trinajstić information content (AvgIpc) is 3.14. The quantitative estimate of drug-likeness (QED) is 0.937. The van der Waals surface area contributed by atoms with Gasteiger partial charge in [-0.2, -0.15) is 0 Å². The number of nitrogens with one attached hydrogen (secondary N) is 1. The third-order valence-electron chi connectivity index (χ3n) is 4.29. The normalized spacial score (nSPS) is 21.5. The van der Waals surface area contributed by atoms with Crippen molar-refractivity contribution in [2.45, 2.75) is 18.8 Å². The summed E-state index contributed by atoms with van der Waals surface area (Å²) in [5, 5.41) is 5.73. The van der Waals surface area contributed by atoms with Crippen molar-refractivity contribution >= 4 is 11.3 Å². The topological polar surface area (TPSA) is 30.5 Å². The van der Waals surface area contributed by atoms with E-state index < -0.39 is 0 Å². The van der Waals surface area contributed by atoms with Crippen LogP contribution in [0.3, 0.4) is 0 Å². The van der Waals surface area contributed by atoms with Gasteiger partial charge >= 0.3 is 0 Å². The van der Waals surface area contributed by atoms with E-state index in [0.717, 1.165) is 24.6 Å². The van der Waals surface area contributed by atoms with E-state index >= 15 is 0 Å². The van der Waals surface area contributed by atoms with Crippen LogP contribution in [-0.2, 0) is 0 Å². The molecule has 0 spiro atoms. The Bertz CT molecular complexity index is 623. The molecule has 2 heterocycles. The first-order valence-corrected chi connectivity index (χ1v) is 8.09. The molecular formula is C17H21NO2S. The Morgan fingerprint density at radius 3 is 2.48 bits per heavy atom. The van der Waals surface area contributed by atoms with Crippen LogP contribution in [0.2, 0.25) is 0 Å². The zero-order valence-corrected chi connectivity index (χ0v) is 13.5. The third kappa shape index (κ3) is 2.65. The molecule has 1 N–H and O–H groups in total. The predicted molar refractivity (Wildman–Crippen MR) is 87.0 cm³/mol. The molecule has 0 amide bonds. The summed E-state index contributed by atoms with van der Waals surface area (Å²) in [6.07, 6.45) is 0. The van der Waals surface area contributed by atoms with Crippen molar-refractivity contribution in [3.63, 3.8) is 0 Å². The fourth-order valence-corrected chi connectivity index (χ4v) is 4.25. The largest absolute Gasteiger partial charge is 0.493 e. The predicted octanol–water partition coefficient (Wildman–Crippen LogP) is 3.54. The van der Waals surface area contributed by atoms with Gasteiger partial charge in [0.2, 0.25) is 0 Å². The minimum Gasteiger partial charge on any atom is -0.493 e. The fraction of sp³-hybridized carbons (Fsp3) is 0.412. The lowest BCUT2D eigenvalue weighted by molar-refractivity contribution is 0.354. The van der Waals surface area contributed by atoms with Gasteiger partial charge in [0, 0.05) is 29.8 Å². The first kappa shape index (κ1) is 14.4. The molecule has 1 aromatic carbocycles. The Morgan fingerprint density at radius 2 is 1.81 bits per heavy atom. The molecule has 2 atom stereocenters. The standard InChI is InChI=1S/C17H21NO2S/c1-11-6-7-21-17(11)14-10-18-9-13(14)12-4-5-15(19-2)16(8-12)20-3/h4-8,13-14,18H,9-10H2,1-3H3/t13-,14+/m0/s1. The van der Waals surface area contributed by atoms with Crippen molar-refractivity contribution < 1.29 is 9.47 Å². The number of hydrogen-bond donors (Lipinski definition) is 1. The Morgan fingerprint density at radius 1 is 1.05 bits per heavy atom. The van der Waals surface area contributed by atoms with Crippen LogP contribution in [0.5, 0.6) is 11.5 Å². The second-order valence-electron chi connectivity index (χ2n) is 5.45. The smallest absolute Gasteiger partial charge is 0.160 e. The van der Waals surface area contributed by atoms with Gasteiger partial charge in [-0.15, -0.1) is 11.3 Å². The van der Waals surface area contributed by atoms with Crippen LogP contribution in [0, 0.1) is 6.92 Å². The van der Waals surface area contributed by atoms with E-state index in [2.05, 4.69) is 35.8 Å². The highest BCUT2D eigenvalue weighted by molar-refractivity contribution is 7.10. The van der Waals surface area contributed by atoms with Gasteiger partial charge in [0.05, 0.1) is 14.2 Å². The molecule has 1 aliphatic heterocycles. The minimum absolute atomic E-state index is 0.488. The number of thiophene rings is 1. The molecule has 1 fully saturated rings. The molecule has 112 valence electrons. The van der Waals surface area contributed by atoms with Crippen LogP contribution in [0.4, 0.5) is 0 Å². The van der Waals surface area contributed by atoms with E-state index in [1.807, 2.05) is 17.4 Å². The van der Waals surface area contributed by atoms with Crippen molar-refractivity contribution in [3.05, 3.63) is 45.6 Å². The summed E-state index contributed by atoms with van der Waals surface area (Å²) in [5.74, 6) is 2.63. The van der Waals surface area contributed by atoms with E-state index in [9.17, 15) is 0 Å². The van der Waals surface area contributed by atoms with E-state index in [1.165, 1.54) is 16.0 Å². The number of methoxy groups -OCH3 is 2. The molecule has 3 rings (SSSR count). The first-order valence-electron chi connectivity index (χ1n) is 7.21. The third-order valence-corrected chi connectivity index (χ3v) is 5.44. The van der Waals surface area contributed by atoms with Crippen molar-refractivity contribution in [1.82, 2.24) is 5.32 Å². The number of hydrogen-bond acceptors (Lipinski definition) is 4. The van der Waals surface area contributed by atoms with Gasteiger partial charge in [0.25, 0.3) is 0 Å². The first-order chi connectivity index (χ1) is 10.2. The Hall–Kier alpha value is -1.52. The van der Waals surface area contributed by atoms with E-state index in [4.69, 9.17) is 9.47 Å². The lowest BCUT2D eigenvalue weighted by Crippen LogP contribution is -2.09. The van der Waals surface area contributed by atoms with Crippen LogP contribution in [0.1, 0.15) is 27.8 Å². The lowest BCUT2D eigenvalue weighted by Gasteiger charge is -2.20. The summed E-state index contributed by atoms with van der Waals surface area (Å²) in [5.41, 5.74) is 2.72. The summed E-state index contributed by atoms with van der Waals surface area (Å²) >= 11 is 1.87. The summed E-state index contributed by atoms with van der Waals surface area (Å²) < 4.78 is 10.8. The maximum Gasteiger partial charge on any atom is 0.160 e. The molecular weight excluding hydrogens is 282 g/mol. The Labute approximate surface area is 129 Å². The van der Waals surface area contributed by atoms with Gasteiger partial charge < -0.3 is 14.8 Å². The number of ether oxygens (including phenoxy) is 2. The average molecular weight is 303 g/mol. The van der Waals surface area contributed by atoms with Crippen LogP contribution in [0.15, 0.2) is 29.6 Å². The van der Waals surface area contributed by atoms with Crippen LogP contribution in [-0.4, -0.2) is 27.3 Å². The molecule has 1 aliphatic rings. The maximum atomic E-state index is 5.44. The van der Waals surface area contributed by atoms with Crippen LogP contribution >= 0.6 is 11.3 Å². The van der Waals surface area contributed by atoms with Gasteiger partial charge in [-0.1, -0.05) is 6.07 Å². The molecule has 1 saturated heterocycles. The molecule has 3 nitrogen and oxygen atoms in total. The number of aryl methyl sites for hydroxylation is 1. The van der Waals surface area contributed by atoms with Crippen LogP contribution < -0.4 is 14.8 Å². The molecule has 0 saturated carbocycles. The summed E-state index contributed by atoms with van der Waals surface area (Å²) in [4.78, 5) is 1.50. The summed E-state index contributed by atoms with van der Waals surface area (Å²) in [6.45, 7) is 4.26. The SMILES string of the molecule is COc1ccc([C@@H]2CNC[C@H]2c2sccc2C)cc1OC. The minimum atomic E-state index is 0.488. The zero-order valence-electron chi connectivity index (χ0n) is 12.7. The Balaban J connectivity index is 1.94. The molecule has 21 heavy (non-hydrogen) atoms. The van der Waals surface area contributed by atoms with Gasteiger partial charge in [-0.25, -0.2) is 0 Å². The van der Waals surface area contributed by atoms with Crippen molar-refractivity contribution in [2.24, 2.45) is 0 Å². The molecule has 0 radical (unpaired) electrons. The molecule has 4 heteroatoms. The van der Waals surface area contributed by atoms with Crippen molar-refractivity contribution in [3.8, 4) is 11.5 Å². The maximum absolute atomic E-state index is 5.44. The highest BCUT2D eigenvalue weighted by Crippen LogP contribution is 2.41. The van der Waals surface area contributed by atoms with Gasteiger partial charge in [0.15, 0.2) is 11.5 Å². The van der Waals surface area contributed by atoms with Crippen molar-refractivity contribution in [2.75, 3.05) is 27.3 Å². The van der Waals surface area contributed by atoms with Gasteiger partial charge in [0.1, 0.15) is 0 Å². The molecule has 1 aromatic heterocycles. The molecule has 0 unspecified atom stereocenters. The van der Waals surface area contributed by atoms with Gasteiger partial charge in [-0.3, -0.25) is 0 Å². The fourth-order valence-electron chi connectivity index (χ4n) is 3.15. The van der Waals surface area contributed by atoms with Crippen LogP contribution in [0.25, 0.3) is 0 Å². The van der Waals surface area contributed by atoms with E-state index in [1.54, 1.807) is 14.2 Å². The molecule has 0 aliphatic carbocycles. The highest BCUT2D eigenvalue weighted by atomic mass is 32.1. The highest BCUT2D eigenvalue weighted by Gasteiger charge is 2.31. The second kappa shape index (κ2) is 6.08. The Kier molecular flexibility index (Phi) is 4.17. The zero-order chi connectivity index (χ0) is 14.8. The van der Waals surface area contributed by atoms with Crippen molar-refractivity contribution in [1.29, 1.82) is 0 Å². The molecule has 2 aromatic rings. The molecule has 0 bridgehead atoms. The number of benzene rings is 1. The van der Waals surface area contributed by atoms with E-state index in [0.29, 0.717) is 11.8 Å². The summed E-state index contributed by atoms with van der Waals surface area (Å²) in [6, 6.07) is 8.50.